The maximum atomic E-state index is 12.9. The van der Waals surface area contributed by atoms with Gasteiger partial charge in [-0.05, 0) is 43.3 Å². The number of benzene rings is 2. The average Bonchev–Trinajstić information content (AvgIpc) is 3.46. The zero-order chi connectivity index (χ0) is 22.8. The van der Waals surface area contributed by atoms with E-state index in [4.69, 9.17) is 14.2 Å². The largest absolute Gasteiger partial charge is 0.494 e. The van der Waals surface area contributed by atoms with Crippen molar-refractivity contribution in [3.8, 4) is 22.9 Å². The minimum absolute atomic E-state index is 0.0945. The number of rotatable bonds is 7. The van der Waals surface area contributed by atoms with Crippen LogP contribution >= 0.6 is 11.8 Å². The Morgan fingerprint density at radius 1 is 1.12 bits per heavy atom. The van der Waals surface area contributed by atoms with Gasteiger partial charge in [-0.15, -0.1) is 10.2 Å². The van der Waals surface area contributed by atoms with E-state index in [1.54, 1.807) is 59.3 Å². The Kier molecular flexibility index (Phi) is 5.61. The van der Waals surface area contributed by atoms with E-state index in [1.807, 2.05) is 6.92 Å². The van der Waals surface area contributed by atoms with Gasteiger partial charge in [-0.2, -0.15) is 0 Å². The fraction of sp³-hybridized carbons (Fsp3) is 0.182. The number of fused-ring (bicyclic) bond motifs is 2. The van der Waals surface area contributed by atoms with Crippen LogP contribution in [0.5, 0.6) is 17.2 Å². The highest BCUT2D eigenvalue weighted by molar-refractivity contribution is 7.99. The first-order valence-corrected chi connectivity index (χ1v) is 11.1. The predicted molar refractivity (Wildman–Crippen MR) is 122 cm³/mol. The second-order valence-corrected chi connectivity index (χ2v) is 7.92. The third-order valence-corrected chi connectivity index (χ3v) is 5.80. The monoisotopic (exact) mass is 465 g/mol. The standard InChI is InChI=1S/C22H19N5O5S/c1-2-30-16-6-4-15(5-7-16)26-9-10-27-20(21(26)29)24-25-22(27)33-12-19(28)23-14-3-8-17-18(11-14)32-13-31-17/h3-11H,2,12-13H2,1H3,(H,23,28). The lowest BCUT2D eigenvalue weighted by atomic mass is 10.3. The van der Waals surface area contributed by atoms with Gasteiger partial charge in [0.2, 0.25) is 18.3 Å². The second kappa shape index (κ2) is 8.87. The lowest BCUT2D eigenvalue weighted by Gasteiger charge is -2.08. The van der Waals surface area contributed by atoms with E-state index in [0.717, 1.165) is 5.75 Å². The molecule has 2 aromatic carbocycles. The molecule has 0 unspecified atom stereocenters. The van der Waals surface area contributed by atoms with Crippen LogP contribution in [0.3, 0.4) is 0 Å². The van der Waals surface area contributed by atoms with Crippen LogP contribution < -0.4 is 25.1 Å². The first kappa shape index (κ1) is 20.9. The van der Waals surface area contributed by atoms with Crippen LogP contribution in [0.15, 0.2) is 64.8 Å². The molecule has 0 bridgehead atoms. The quantitative estimate of drug-likeness (QED) is 0.415. The number of carbonyl (C=O) groups excluding carboxylic acids is 1. The molecular formula is C22H19N5O5S. The minimum Gasteiger partial charge on any atom is -0.494 e. The van der Waals surface area contributed by atoms with Crippen molar-refractivity contribution in [2.45, 2.75) is 12.1 Å². The smallest absolute Gasteiger partial charge is 0.300 e. The van der Waals surface area contributed by atoms with Gasteiger partial charge in [0.05, 0.1) is 12.4 Å². The Morgan fingerprint density at radius 2 is 1.94 bits per heavy atom. The van der Waals surface area contributed by atoms with E-state index in [0.29, 0.717) is 34.6 Å². The number of anilines is 1. The molecule has 168 valence electrons. The van der Waals surface area contributed by atoms with Crippen molar-refractivity contribution >= 4 is 29.0 Å². The van der Waals surface area contributed by atoms with Gasteiger partial charge >= 0.3 is 5.56 Å². The number of hydrogen-bond acceptors (Lipinski definition) is 8. The van der Waals surface area contributed by atoms with Gasteiger partial charge in [0, 0.05) is 29.8 Å². The van der Waals surface area contributed by atoms with E-state index < -0.39 is 0 Å². The molecule has 5 rings (SSSR count). The van der Waals surface area contributed by atoms with E-state index in [9.17, 15) is 9.59 Å². The molecule has 1 amide bonds. The summed E-state index contributed by atoms with van der Waals surface area (Å²) in [6.07, 6.45) is 3.34. The van der Waals surface area contributed by atoms with Gasteiger partial charge in [0.25, 0.3) is 0 Å². The first-order chi connectivity index (χ1) is 16.1. The molecule has 1 aliphatic heterocycles. The number of nitrogens with one attached hydrogen (secondary N) is 1. The Balaban J connectivity index is 1.29. The fourth-order valence-electron chi connectivity index (χ4n) is 3.34. The Morgan fingerprint density at radius 3 is 2.76 bits per heavy atom. The third-order valence-electron chi connectivity index (χ3n) is 4.85. The van der Waals surface area contributed by atoms with E-state index in [1.165, 1.54) is 16.3 Å². The van der Waals surface area contributed by atoms with Crippen molar-refractivity contribution < 1.29 is 19.0 Å². The third kappa shape index (κ3) is 4.22. The highest BCUT2D eigenvalue weighted by atomic mass is 32.2. The van der Waals surface area contributed by atoms with Gasteiger partial charge in [0.15, 0.2) is 16.7 Å². The van der Waals surface area contributed by atoms with E-state index >= 15 is 0 Å². The van der Waals surface area contributed by atoms with Crippen LogP contribution in [0.25, 0.3) is 11.3 Å². The van der Waals surface area contributed by atoms with Gasteiger partial charge in [-0.25, -0.2) is 0 Å². The molecule has 1 aliphatic rings. The summed E-state index contributed by atoms with van der Waals surface area (Å²) in [5, 5.41) is 11.4. The summed E-state index contributed by atoms with van der Waals surface area (Å²) in [6.45, 7) is 2.65. The number of carbonyl (C=O) groups is 1. The number of amides is 1. The number of hydrogen-bond donors (Lipinski definition) is 1. The zero-order valence-electron chi connectivity index (χ0n) is 17.6. The molecule has 33 heavy (non-hydrogen) atoms. The van der Waals surface area contributed by atoms with Crippen LogP contribution in [0, 0.1) is 0 Å². The molecule has 3 heterocycles. The number of nitrogens with zero attached hydrogens (tertiary/aromatic N) is 4. The maximum absolute atomic E-state index is 12.9. The molecule has 0 saturated carbocycles. The summed E-state index contributed by atoms with van der Waals surface area (Å²) in [7, 11) is 0. The Bertz CT molecular complexity index is 1380. The molecule has 2 aromatic heterocycles. The van der Waals surface area contributed by atoms with Gasteiger partial charge in [-0.3, -0.25) is 18.6 Å². The Labute approximate surface area is 192 Å². The predicted octanol–water partition coefficient (Wildman–Crippen LogP) is 2.74. The molecule has 0 aliphatic carbocycles. The van der Waals surface area contributed by atoms with Gasteiger partial charge in [-0.1, -0.05) is 11.8 Å². The Hall–Kier alpha value is -3.99. The molecule has 0 spiro atoms. The first-order valence-electron chi connectivity index (χ1n) is 10.1. The summed E-state index contributed by atoms with van der Waals surface area (Å²) in [6, 6.07) is 12.4. The second-order valence-electron chi connectivity index (χ2n) is 6.98. The topological polar surface area (TPSA) is 109 Å². The summed E-state index contributed by atoms with van der Waals surface area (Å²) in [4.78, 5) is 25.3. The lowest BCUT2D eigenvalue weighted by Crippen LogP contribution is -2.20. The summed E-state index contributed by atoms with van der Waals surface area (Å²) in [5.74, 6) is 1.84. The van der Waals surface area contributed by atoms with Crippen LogP contribution in [-0.2, 0) is 4.79 Å². The van der Waals surface area contributed by atoms with Gasteiger partial charge < -0.3 is 19.5 Å². The van der Waals surface area contributed by atoms with E-state index in [2.05, 4.69) is 15.5 Å². The SMILES string of the molecule is CCOc1ccc(-n2ccn3c(SCC(=O)Nc4ccc5c(c4)OCO5)nnc3c2=O)cc1. The molecule has 0 fully saturated rings. The van der Waals surface area contributed by atoms with Crippen molar-refractivity contribution in [1.82, 2.24) is 19.2 Å². The summed E-state index contributed by atoms with van der Waals surface area (Å²) < 4.78 is 19.1. The van der Waals surface area contributed by atoms with Crippen molar-refractivity contribution in [3.63, 3.8) is 0 Å². The molecule has 11 heteroatoms. The summed E-state index contributed by atoms with van der Waals surface area (Å²) in [5.41, 5.74) is 1.15. The number of aromatic nitrogens is 4. The number of ether oxygens (including phenoxy) is 3. The fourth-order valence-corrected chi connectivity index (χ4v) is 4.06. The molecule has 4 aromatic rings. The average molecular weight is 465 g/mol. The van der Waals surface area contributed by atoms with Crippen LogP contribution in [0.4, 0.5) is 5.69 Å². The van der Waals surface area contributed by atoms with Crippen molar-refractivity contribution in [1.29, 1.82) is 0 Å². The lowest BCUT2D eigenvalue weighted by molar-refractivity contribution is -0.113. The van der Waals surface area contributed by atoms with Crippen LogP contribution in [0.2, 0.25) is 0 Å². The van der Waals surface area contributed by atoms with Crippen LogP contribution in [-0.4, -0.2) is 44.2 Å². The van der Waals surface area contributed by atoms with Crippen molar-refractivity contribution in [3.05, 3.63) is 65.2 Å². The minimum atomic E-state index is -0.314. The number of thioether (sulfide) groups is 1. The highest BCUT2D eigenvalue weighted by Gasteiger charge is 2.16. The van der Waals surface area contributed by atoms with Crippen molar-refractivity contribution in [2.24, 2.45) is 0 Å². The van der Waals surface area contributed by atoms with E-state index in [-0.39, 0.29) is 29.7 Å². The molecule has 0 atom stereocenters. The molecule has 0 saturated heterocycles. The molecule has 1 N–H and O–H groups in total. The summed E-state index contributed by atoms with van der Waals surface area (Å²) >= 11 is 1.18. The van der Waals surface area contributed by atoms with Crippen LogP contribution in [0.1, 0.15) is 6.92 Å². The maximum Gasteiger partial charge on any atom is 0.300 e. The zero-order valence-corrected chi connectivity index (χ0v) is 18.4. The highest BCUT2D eigenvalue weighted by Crippen LogP contribution is 2.34. The molecule has 10 nitrogen and oxygen atoms in total. The molecular weight excluding hydrogens is 446 g/mol. The normalized spacial score (nSPS) is 12.2. The van der Waals surface area contributed by atoms with Gasteiger partial charge in [0.1, 0.15) is 5.75 Å². The van der Waals surface area contributed by atoms with Crippen molar-refractivity contribution in [2.75, 3.05) is 24.5 Å². The molecule has 0 radical (unpaired) electrons.